The fourth-order valence-corrected chi connectivity index (χ4v) is 2.90. The van der Waals surface area contributed by atoms with E-state index in [1.54, 1.807) is 11.3 Å². The van der Waals surface area contributed by atoms with E-state index < -0.39 is 9.84 Å². The maximum Gasteiger partial charge on any atom is 0.191 e. The van der Waals surface area contributed by atoms with Crippen LogP contribution in [0.2, 0.25) is 0 Å². The Morgan fingerprint density at radius 2 is 2.05 bits per heavy atom. The normalized spacial score (nSPS) is 12.5. The zero-order valence-electron chi connectivity index (χ0n) is 12.4. The van der Waals surface area contributed by atoms with Crippen molar-refractivity contribution in [1.29, 1.82) is 0 Å². The highest BCUT2D eigenvalue weighted by Crippen LogP contribution is 2.17. The molecule has 20 heavy (non-hydrogen) atoms. The van der Waals surface area contributed by atoms with Crippen molar-refractivity contribution in [3.05, 3.63) is 15.6 Å². The molecule has 1 rings (SSSR count). The number of nitrogens with one attached hydrogen (secondary N) is 2. The second-order valence-electron chi connectivity index (χ2n) is 4.49. The number of thiazole rings is 1. The molecule has 1 heterocycles. The van der Waals surface area contributed by atoms with E-state index in [9.17, 15) is 8.42 Å². The number of nitrogens with zero attached hydrogens (tertiary/aromatic N) is 2. The van der Waals surface area contributed by atoms with Crippen LogP contribution in [-0.4, -0.2) is 44.5 Å². The predicted molar refractivity (Wildman–Crippen MR) is 84.1 cm³/mol. The third-order valence-electron chi connectivity index (χ3n) is 2.49. The summed E-state index contributed by atoms with van der Waals surface area (Å²) >= 11 is 1.63. The molecule has 0 aromatic carbocycles. The average Bonchev–Trinajstić information content (AvgIpc) is 2.63. The first-order chi connectivity index (χ1) is 9.31. The lowest BCUT2D eigenvalue weighted by atomic mass is 10.4. The van der Waals surface area contributed by atoms with Gasteiger partial charge in [0.15, 0.2) is 5.96 Å². The molecule has 0 saturated heterocycles. The number of hydrogen-bond donors (Lipinski definition) is 2. The van der Waals surface area contributed by atoms with Crippen LogP contribution < -0.4 is 10.6 Å². The second kappa shape index (κ2) is 7.58. The average molecular weight is 318 g/mol. The lowest BCUT2D eigenvalue weighted by molar-refractivity contribution is 0.600. The number of rotatable bonds is 6. The van der Waals surface area contributed by atoms with Crippen molar-refractivity contribution in [2.45, 2.75) is 27.3 Å². The van der Waals surface area contributed by atoms with Crippen LogP contribution in [-0.2, 0) is 16.4 Å². The molecule has 0 unspecified atom stereocenters. The molecule has 1 aromatic rings. The maximum absolute atomic E-state index is 11.1. The number of aromatic nitrogens is 1. The minimum Gasteiger partial charge on any atom is -0.357 e. The number of sulfone groups is 1. The molecule has 0 bridgehead atoms. The standard InChI is InChI=1S/C12H22N4O2S2/c1-5-13-12(14-6-7-20(4,17)18)15-8-11-9(2)16-10(3)19-11/h5-8H2,1-4H3,(H2,13,14,15). The van der Waals surface area contributed by atoms with Crippen molar-refractivity contribution in [1.82, 2.24) is 15.6 Å². The number of hydrogen-bond acceptors (Lipinski definition) is 5. The van der Waals surface area contributed by atoms with Crippen molar-refractivity contribution in [2.24, 2.45) is 4.99 Å². The van der Waals surface area contributed by atoms with E-state index in [0.717, 1.165) is 22.1 Å². The molecule has 0 radical (unpaired) electrons. The van der Waals surface area contributed by atoms with Gasteiger partial charge in [0, 0.05) is 24.2 Å². The zero-order chi connectivity index (χ0) is 15.2. The van der Waals surface area contributed by atoms with E-state index in [1.807, 2.05) is 20.8 Å². The van der Waals surface area contributed by atoms with Gasteiger partial charge < -0.3 is 10.6 Å². The van der Waals surface area contributed by atoms with Crippen LogP contribution in [0.25, 0.3) is 0 Å². The highest BCUT2D eigenvalue weighted by Gasteiger charge is 2.06. The molecule has 0 aliphatic heterocycles. The third-order valence-corrected chi connectivity index (χ3v) is 4.49. The number of guanidine groups is 1. The minimum atomic E-state index is -2.96. The van der Waals surface area contributed by atoms with Gasteiger partial charge in [-0.15, -0.1) is 11.3 Å². The summed E-state index contributed by atoms with van der Waals surface area (Å²) in [5.74, 6) is 0.720. The first-order valence-electron chi connectivity index (χ1n) is 6.44. The lowest BCUT2D eigenvalue weighted by Crippen LogP contribution is -2.39. The highest BCUT2D eigenvalue weighted by molar-refractivity contribution is 7.90. The van der Waals surface area contributed by atoms with Gasteiger partial charge in [0.05, 0.1) is 23.0 Å². The maximum atomic E-state index is 11.1. The summed E-state index contributed by atoms with van der Waals surface area (Å²) in [5.41, 5.74) is 1.00. The van der Waals surface area contributed by atoms with Crippen molar-refractivity contribution in [2.75, 3.05) is 25.1 Å². The Labute approximate surface area is 124 Å². The van der Waals surface area contributed by atoms with Gasteiger partial charge in [-0.1, -0.05) is 0 Å². The first-order valence-corrected chi connectivity index (χ1v) is 9.32. The summed E-state index contributed by atoms with van der Waals surface area (Å²) in [4.78, 5) is 9.93. The van der Waals surface area contributed by atoms with E-state index in [-0.39, 0.29) is 5.75 Å². The largest absolute Gasteiger partial charge is 0.357 e. The van der Waals surface area contributed by atoms with Gasteiger partial charge in [0.25, 0.3) is 0 Å². The number of aryl methyl sites for hydroxylation is 2. The molecular weight excluding hydrogens is 296 g/mol. The molecule has 0 aliphatic carbocycles. The molecule has 0 spiro atoms. The van der Waals surface area contributed by atoms with E-state index in [2.05, 4.69) is 20.6 Å². The zero-order valence-corrected chi connectivity index (χ0v) is 14.0. The summed E-state index contributed by atoms with van der Waals surface area (Å²) in [6.45, 7) is 7.54. The fourth-order valence-electron chi connectivity index (χ4n) is 1.57. The van der Waals surface area contributed by atoms with Crippen molar-refractivity contribution in [3.63, 3.8) is 0 Å². The van der Waals surface area contributed by atoms with Gasteiger partial charge in [-0.05, 0) is 20.8 Å². The topological polar surface area (TPSA) is 83.4 Å². The molecule has 0 fully saturated rings. The van der Waals surface area contributed by atoms with Gasteiger partial charge in [-0.25, -0.2) is 18.4 Å². The number of aliphatic imine (C=N–C) groups is 1. The van der Waals surface area contributed by atoms with E-state index in [1.165, 1.54) is 6.26 Å². The molecule has 0 aliphatic rings. The summed E-state index contributed by atoms with van der Waals surface area (Å²) in [6.07, 6.45) is 1.22. The molecule has 0 saturated carbocycles. The molecule has 6 nitrogen and oxygen atoms in total. The Bertz CT molecular complexity index is 564. The van der Waals surface area contributed by atoms with Crippen molar-refractivity contribution >= 4 is 27.1 Å². The van der Waals surface area contributed by atoms with Gasteiger partial charge >= 0.3 is 0 Å². The molecule has 2 N–H and O–H groups in total. The Kier molecular flexibility index (Phi) is 6.41. The quantitative estimate of drug-likeness (QED) is 0.600. The molecule has 1 aromatic heterocycles. The van der Waals surface area contributed by atoms with E-state index in [4.69, 9.17) is 0 Å². The molecule has 8 heteroatoms. The van der Waals surface area contributed by atoms with Crippen LogP contribution >= 0.6 is 11.3 Å². The van der Waals surface area contributed by atoms with E-state index in [0.29, 0.717) is 19.0 Å². The highest BCUT2D eigenvalue weighted by atomic mass is 32.2. The Balaban J connectivity index is 2.60. The Morgan fingerprint density at radius 1 is 1.35 bits per heavy atom. The second-order valence-corrected chi connectivity index (χ2v) is 8.04. The molecule has 114 valence electrons. The van der Waals surface area contributed by atoms with Crippen LogP contribution in [0.1, 0.15) is 22.5 Å². The van der Waals surface area contributed by atoms with Crippen LogP contribution in [0.3, 0.4) is 0 Å². The Hall–Kier alpha value is -1.15. The lowest BCUT2D eigenvalue weighted by Gasteiger charge is -2.10. The summed E-state index contributed by atoms with van der Waals surface area (Å²) in [7, 11) is -2.96. The van der Waals surface area contributed by atoms with Crippen LogP contribution in [0.5, 0.6) is 0 Å². The summed E-state index contributed by atoms with van der Waals surface area (Å²) < 4.78 is 22.2. The monoisotopic (exact) mass is 318 g/mol. The minimum absolute atomic E-state index is 0.0934. The van der Waals surface area contributed by atoms with Gasteiger partial charge in [0.1, 0.15) is 9.84 Å². The fraction of sp³-hybridized carbons (Fsp3) is 0.667. The molecule has 0 amide bonds. The van der Waals surface area contributed by atoms with Gasteiger partial charge in [-0.3, -0.25) is 0 Å². The van der Waals surface area contributed by atoms with E-state index >= 15 is 0 Å². The van der Waals surface area contributed by atoms with Crippen molar-refractivity contribution < 1.29 is 8.42 Å². The SMILES string of the molecule is CCNC(=NCc1sc(C)nc1C)NCCS(C)(=O)=O. The molecular formula is C12H22N4O2S2. The first kappa shape index (κ1) is 16.9. The summed E-state index contributed by atoms with van der Waals surface area (Å²) in [5, 5.41) is 7.14. The van der Waals surface area contributed by atoms with Gasteiger partial charge in [0.2, 0.25) is 0 Å². The van der Waals surface area contributed by atoms with Gasteiger partial charge in [-0.2, -0.15) is 0 Å². The Morgan fingerprint density at radius 3 is 2.55 bits per heavy atom. The van der Waals surface area contributed by atoms with Crippen LogP contribution in [0, 0.1) is 13.8 Å². The van der Waals surface area contributed by atoms with Crippen LogP contribution in [0.15, 0.2) is 4.99 Å². The third kappa shape index (κ3) is 6.33. The smallest absolute Gasteiger partial charge is 0.191 e. The molecule has 0 atom stereocenters. The summed E-state index contributed by atoms with van der Waals surface area (Å²) in [6, 6.07) is 0. The van der Waals surface area contributed by atoms with Crippen molar-refractivity contribution in [3.8, 4) is 0 Å². The van der Waals surface area contributed by atoms with Crippen LogP contribution in [0.4, 0.5) is 0 Å². The predicted octanol–water partition coefficient (Wildman–Crippen LogP) is 0.860.